The van der Waals surface area contributed by atoms with Crippen LogP contribution < -0.4 is 0 Å². The summed E-state index contributed by atoms with van der Waals surface area (Å²) in [4.78, 5) is 0. The SMILES string of the molecule is c1ccc(-c2c3ccccc3c(-c3ccc(-c4ccc5c6ccccc6c6ccccc6c5c4)c4ccccc34)c3ccccc23)cc1. The van der Waals surface area contributed by atoms with Crippen LogP contribution in [-0.4, -0.2) is 0 Å². The Morgan fingerprint density at radius 2 is 0.562 bits per heavy atom. The monoisotopic (exact) mass is 606 g/mol. The lowest BCUT2D eigenvalue weighted by Gasteiger charge is -2.20. The lowest BCUT2D eigenvalue weighted by molar-refractivity contribution is 1.66. The Hall–Kier alpha value is -6.24. The van der Waals surface area contributed by atoms with Crippen molar-refractivity contribution >= 4 is 64.6 Å². The first-order valence-corrected chi connectivity index (χ1v) is 16.7. The number of benzene rings is 10. The topological polar surface area (TPSA) is 0 Å². The minimum atomic E-state index is 1.24. The second kappa shape index (κ2) is 10.7. The summed E-state index contributed by atoms with van der Waals surface area (Å²) in [6, 6.07) is 67.0. The molecule has 0 radical (unpaired) electrons. The van der Waals surface area contributed by atoms with E-state index in [1.807, 2.05) is 0 Å². The second-order valence-electron chi connectivity index (χ2n) is 12.8. The van der Waals surface area contributed by atoms with Gasteiger partial charge in [0.2, 0.25) is 0 Å². The average molecular weight is 607 g/mol. The van der Waals surface area contributed by atoms with Crippen molar-refractivity contribution in [2.45, 2.75) is 0 Å². The molecule has 0 bridgehead atoms. The van der Waals surface area contributed by atoms with Gasteiger partial charge < -0.3 is 0 Å². The Morgan fingerprint density at radius 1 is 0.188 bits per heavy atom. The fraction of sp³-hybridized carbons (Fsp3) is 0. The van der Waals surface area contributed by atoms with Crippen molar-refractivity contribution < 1.29 is 0 Å². The molecule has 0 heteroatoms. The minimum Gasteiger partial charge on any atom is -0.0622 e. The van der Waals surface area contributed by atoms with Gasteiger partial charge in [0.15, 0.2) is 0 Å². The van der Waals surface area contributed by atoms with E-state index in [4.69, 9.17) is 0 Å². The largest absolute Gasteiger partial charge is 0.0622 e. The Bertz CT molecular complexity index is 2780. The molecule has 0 saturated carbocycles. The van der Waals surface area contributed by atoms with Gasteiger partial charge in [0, 0.05) is 0 Å². The van der Waals surface area contributed by atoms with E-state index in [-0.39, 0.29) is 0 Å². The van der Waals surface area contributed by atoms with Crippen LogP contribution in [0, 0.1) is 0 Å². The van der Waals surface area contributed by atoms with Gasteiger partial charge in [-0.1, -0.05) is 176 Å². The summed E-state index contributed by atoms with van der Waals surface area (Å²) in [5.74, 6) is 0. The molecule has 0 amide bonds. The third-order valence-electron chi connectivity index (χ3n) is 10.2. The van der Waals surface area contributed by atoms with Gasteiger partial charge in [0.25, 0.3) is 0 Å². The first kappa shape index (κ1) is 26.9. The van der Waals surface area contributed by atoms with Crippen LogP contribution in [0.3, 0.4) is 0 Å². The molecule has 10 aromatic rings. The molecule has 0 aliphatic rings. The number of hydrogen-bond acceptors (Lipinski definition) is 0. The number of rotatable bonds is 3. The maximum atomic E-state index is 2.41. The van der Waals surface area contributed by atoms with Gasteiger partial charge in [-0.25, -0.2) is 0 Å². The van der Waals surface area contributed by atoms with Crippen molar-refractivity contribution in [3.05, 3.63) is 182 Å². The van der Waals surface area contributed by atoms with E-state index in [0.29, 0.717) is 0 Å². The maximum absolute atomic E-state index is 2.41. The standard InChI is InChI=1S/C48H30/c1-2-14-31(15-3-1)47-41-22-10-12-24-43(41)48(44-25-13-11-23-42(44)47)45-29-28-33(34-16-4-8-20-38(34)45)32-26-27-40-37-19-6-5-17-35(37)36-18-7-9-21-39(36)46(40)30-32/h1-30H. The van der Waals surface area contributed by atoms with E-state index in [9.17, 15) is 0 Å². The van der Waals surface area contributed by atoms with Crippen LogP contribution in [0.5, 0.6) is 0 Å². The summed E-state index contributed by atoms with van der Waals surface area (Å²) >= 11 is 0. The van der Waals surface area contributed by atoms with Crippen LogP contribution in [0.4, 0.5) is 0 Å². The predicted molar refractivity (Wildman–Crippen MR) is 208 cm³/mol. The van der Waals surface area contributed by atoms with Crippen molar-refractivity contribution in [3.8, 4) is 33.4 Å². The summed E-state index contributed by atoms with van der Waals surface area (Å²) in [7, 11) is 0. The number of hydrogen-bond donors (Lipinski definition) is 0. The number of fused-ring (bicyclic) bond motifs is 9. The van der Waals surface area contributed by atoms with E-state index in [2.05, 4.69) is 182 Å². The third-order valence-corrected chi connectivity index (χ3v) is 10.2. The Labute approximate surface area is 279 Å². The van der Waals surface area contributed by atoms with Crippen molar-refractivity contribution in [2.24, 2.45) is 0 Å². The minimum absolute atomic E-state index is 1.24. The fourth-order valence-electron chi connectivity index (χ4n) is 8.18. The Morgan fingerprint density at radius 3 is 1.10 bits per heavy atom. The van der Waals surface area contributed by atoms with Crippen LogP contribution in [0.2, 0.25) is 0 Å². The highest BCUT2D eigenvalue weighted by atomic mass is 14.2. The molecule has 0 aromatic heterocycles. The Kier molecular flexibility index (Phi) is 5.98. The van der Waals surface area contributed by atoms with Gasteiger partial charge in [0.1, 0.15) is 0 Å². The smallest absolute Gasteiger partial charge is 0.00201 e. The molecular weight excluding hydrogens is 577 g/mol. The van der Waals surface area contributed by atoms with E-state index in [0.717, 1.165) is 0 Å². The molecule has 10 aromatic carbocycles. The molecule has 222 valence electrons. The predicted octanol–water partition coefficient (Wildman–Crippen LogP) is 13.6. The van der Waals surface area contributed by atoms with Gasteiger partial charge in [-0.15, -0.1) is 0 Å². The molecule has 0 nitrogen and oxygen atoms in total. The first-order valence-electron chi connectivity index (χ1n) is 16.7. The second-order valence-corrected chi connectivity index (χ2v) is 12.8. The van der Waals surface area contributed by atoms with Gasteiger partial charge in [-0.2, -0.15) is 0 Å². The van der Waals surface area contributed by atoms with Gasteiger partial charge in [0.05, 0.1) is 0 Å². The molecule has 0 atom stereocenters. The molecule has 0 saturated heterocycles. The summed E-state index contributed by atoms with van der Waals surface area (Å²) in [6.07, 6.45) is 0. The molecule has 0 fully saturated rings. The molecule has 10 rings (SSSR count). The zero-order valence-corrected chi connectivity index (χ0v) is 26.3. The third kappa shape index (κ3) is 3.96. The maximum Gasteiger partial charge on any atom is -0.00201 e. The molecule has 0 spiro atoms. The summed E-state index contributed by atoms with van der Waals surface area (Å²) in [5, 5.41) is 15.4. The molecule has 0 N–H and O–H groups in total. The highest BCUT2D eigenvalue weighted by Gasteiger charge is 2.19. The van der Waals surface area contributed by atoms with Gasteiger partial charge in [-0.05, 0) is 104 Å². The zero-order chi connectivity index (χ0) is 31.6. The molecule has 0 unspecified atom stereocenters. The molecule has 48 heavy (non-hydrogen) atoms. The summed E-state index contributed by atoms with van der Waals surface area (Å²) < 4.78 is 0. The van der Waals surface area contributed by atoms with Crippen molar-refractivity contribution in [2.75, 3.05) is 0 Å². The van der Waals surface area contributed by atoms with Crippen LogP contribution in [0.25, 0.3) is 98.0 Å². The first-order chi connectivity index (χ1) is 23.8. The van der Waals surface area contributed by atoms with Gasteiger partial charge in [-0.3, -0.25) is 0 Å². The lowest BCUT2D eigenvalue weighted by atomic mass is 9.83. The van der Waals surface area contributed by atoms with Crippen molar-refractivity contribution in [1.29, 1.82) is 0 Å². The highest BCUT2D eigenvalue weighted by Crippen LogP contribution is 2.47. The molecular formula is C48H30. The van der Waals surface area contributed by atoms with Crippen LogP contribution in [0.15, 0.2) is 182 Å². The van der Waals surface area contributed by atoms with E-state index >= 15 is 0 Å². The normalized spacial score (nSPS) is 11.8. The van der Waals surface area contributed by atoms with Crippen LogP contribution in [0.1, 0.15) is 0 Å². The lowest BCUT2D eigenvalue weighted by Crippen LogP contribution is -1.92. The zero-order valence-electron chi connectivity index (χ0n) is 26.3. The quantitative estimate of drug-likeness (QED) is 0.139. The fourth-order valence-corrected chi connectivity index (χ4v) is 8.18. The van der Waals surface area contributed by atoms with E-state index in [1.165, 1.54) is 98.0 Å². The van der Waals surface area contributed by atoms with E-state index in [1.54, 1.807) is 0 Å². The molecule has 0 aliphatic carbocycles. The average Bonchev–Trinajstić information content (AvgIpc) is 3.17. The summed E-state index contributed by atoms with van der Waals surface area (Å²) in [6.45, 7) is 0. The van der Waals surface area contributed by atoms with Crippen molar-refractivity contribution in [1.82, 2.24) is 0 Å². The molecule has 0 aliphatic heterocycles. The summed E-state index contributed by atoms with van der Waals surface area (Å²) in [5.41, 5.74) is 7.58. The van der Waals surface area contributed by atoms with Crippen LogP contribution in [-0.2, 0) is 0 Å². The highest BCUT2D eigenvalue weighted by molar-refractivity contribution is 6.27. The van der Waals surface area contributed by atoms with Crippen LogP contribution >= 0.6 is 0 Å². The van der Waals surface area contributed by atoms with E-state index < -0.39 is 0 Å². The van der Waals surface area contributed by atoms with Crippen molar-refractivity contribution in [3.63, 3.8) is 0 Å². The Balaban J connectivity index is 1.26. The van der Waals surface area contributed by atoms with Gasteiger partial charge >= 0.3 is 0 Å². The molecule has 0 heterocycles.